The molecule has 2 aromatic carbocycles. The first-order valence-electron chi connectivity index (χ1n) is 12.0. The van der Waals surface area contributed by atoms with Gasteiger partial charge < -0.3 is 15.0 Å². The van der Waals surface area contributed by atoms with E-state index in [1.807, 2.05) is 14.1 Å². The van der Waals surface area contributed by atoms with Crippen LogP contribution in [0, 0.1) is 11.8 Å². The number of nitrogens with zero attached hydrogens (tertiary/aromatic N) is 3. The van der Waals surface area contributed by atoms with Crippen molar-refractivity contribution in [3.8, 4) is 0 Å². The van der Waals surface area contributed by atoms with Gasteiger partial charge in [-0.1, -0.05) is 36.4 Å². The molecular formula is C26H38N4O2. The van der Waals surface area contributed by atoms with E-state index in [0.717, 1.165) is 65.4 Å². The summed E-state index contributed by atoms with van der Waals surface area (Å²) in [7, 11) is 4.08. The number of rotatable bonds is 8. The van der Waals surface area contributed by atoms with E-state index in [0.29, 0.717) is 12.5 Å². The second-order valence-corrected chi connectivity index (χ2v) is 9.68. The second kappa shape index (κ2) is 11.2. The Balaban J connectivity index is 1.43. The zero-order chi connectivity index (χ0) is 22.3. The number of ether oxygens (including phenoxy) is 1. The molecule has 0 radical (unpaired) electrons. The Labute approximate surface area is 192 Å². The fourth-order valence-corrected chi connectivity index (χ4v) is 5.05. The van der Waals surface area contributed by atoms with Gasteiger partial charge in [-0.2, -0.15) is 0 Å². The van der Waals surface area contributed by atoms with E-state index in [9.17, 15) is 4.79 Å². The van der Waals surface area contributed by atoms with Gasteiger partial charge in [0.25, 0.3) is 0 Å². The van der Waals surface area contributed by atoms with Crippen LogP contribution in [0.4, 0.5) is 0 Å². The number of likely N-dealkylation sites (tertiary alicyclic amines) is 1. The number of hydrogen-bond acceptors (Lipinski definition) is 5. The predicted octanol–water partition coefficient (Wildman–Crippen LogP) is 2.29. The molecular weight excluding hydrogens is 400 g/mol. The topological polar surface area (TPSA) is 48.1 Å². The molecule has 2 heterocycles. The number of hydrogen-bond donors (Lipinski definition) is 1. The molecule has 0 unspecified atom stereocenters. The van der Waals surface area contributed by atoms with Crippen molar-refractivity contribution in [1.82, 2.24) is 20.0 Å². The van der Waals surface area contributed by atoms with Crippen LogP contribution in [0.25, 0.3) is 10.8 Å². The summed E-state index contributed by atoms with van der Waals surface area (Å²) >= 11 is 0. The smallest absolute Gasteiger partial charge is 0.224 e. The highest BCUT2D eigenvalue weighted by atomic mass is 16.5. The molecule has 0 aromatic heterocycles. The van der Waals surface area contributed by atoms with Crippen LogP contribution in [0.2, 0.25) is 0 Å². The van der Waals surface area contributed by atoms with E-state index in [-0.39, 0.29) is 11.8 Å². The van der Waals surface area contributed by atoms with Gasteiger partial charge in [0, 0.05) is 52.4 Å². The predicted molar refractivity (Wildman–Crippen MR) is 130 cm³/mol. The molecule has 1 amide bonds. The molecule has 2 aromatic rings. The monoisotopic (exact) mass is 438 g/mol. The maximum Gasteiger partial charge on any atom is 0.224 e. The Morgan fingerprint density at radius 1 is 1.06 bits per heavy atom. The number of carbonyl (C=O) groups is 1. The number of benzene rings is 2. The number of carbonyl (C=O) groups excluding carboxylic acids is 1. The molecule has 1 N–H and O–H groups in total. The van der Waals surface area contributed by atoms with Gasteiger partial charge in [-0.15, -0.1) is 0 Å². The molecule has 6 nitrogen and oxygen atoms in total. The molecule has 0 saturated carbocycles. The average molecular weight is 439 g/mol. The van der Waals surface area contributed by atoms with Crippen LogP contribution >= 0.6 is 0 Å². The first-order chi connectivity index (χ1) is 15.6. The number of morpholine rings is 1. The fraction of sp³-hybridized carbons (Fsp3) is 0.577. The van der Waals surface area contributed by atoms with Crippen LogP contribution in [0.3, 0.4) is 0 Å². The van der Waals surface area contributed by atoms with Crippen LogP contribution in [-0.2, 0) is 16.1 Å². The molecule has 2 fully saturated rings. The third-order valence-corrected chi connectivity index (χ3v) is 6.68. The highest BCUT2D eigenvalue weighted by Crippen LogP contribution is 2.26. The van der Waals surface area contributed by atoms with Crippen molar-refractivity contribution in [2.24, 2.45) is 11.8 Å². The van der Waals surface area contributed by atoms with Gasteiger partial charge >= 0.3 is 0 Å². The summed E-state index contributed by atoms with van der Waals surface area (Å²) < 4.78 is 5.53. The minimum absolute atomic E-state index is 0.0532. The van der Waals surface area contributed by atoms with Crippen molar-refractivity contribution in [1.29, 1.82) is 0 Å². The summed E-state index contributed by atoms with van der Waals surface area (Å²) in [4.78, 5) is 20.1. The molecule has 4 rings (SSSR count). The van der Waals surface area contributed by atoms with Crippen molar-refractivity contribution in [3.05, 3.63) is 48.0 Å². The number of piperidine rings is 1. The van der Waals surface area contributed by atoms with E-state index in [2.05, 4.69) is 62.5 Å². The molecule has 174 valence electrons. The minimum atomic E-state index is 0.0532. The number of nitrogens with one attached hydrogen (secondary N) is 1. The standard InChI is InChI=1S/C26H38N4O2/c1-28(2)10-9-27-26(31)25-16-22(18-29-11-13-32-14-12-29)19-30(20-25)17-21-7-8-23-5-3-4-6-24(23)15-21/h3-8,15,22,25H,9-14,16-20H2,1-2H3,(H,27,31)/t22-,25-/m1/s1. The lowest BCUT2D eigenvalue weighted by Crippen LogP contribution is -2.50. The molecule has 0 aliphatic carbocycles. The van der Waals surface area contributed by atoms with Gasteiger partial charge in [-0.05, 0) is 48.8 Å². The maximum absolute atomic E-state index is 13.0. The van der Waals surface area contributed by atoms with Gasteiger partial charge in [0.1, 0.15) is 0 Å². The van der Waals surface area contributed by atoms with E-state index < -0.39 is 0 Å². The number of fused-ring (bicyclic) bond motifs is 1. The Hall–Kier alpha value is -1.99. The maximum atomic E-state index is 13.0. The van der Waals surface area contributed by atoms with Crippen LogP contribution in [0.5, 0.6) is 0 Å². The van der Waals surface area contributed by atoms with E-state index in [1.165, 1.54) is 16.3 Å². The van der Waals surface area contributed by atoms with Crippen molar-refractivity contribution in [3.63, 3.8) is 0 Å². The molecule has 0 bridgehead atoms. The summed E-state index contributed by atoms with van der Waals surface area (Å²) in [5, 5.41) is 5.73. The lowest BCUT2D eigenvalue weighted by atomic mass is 9.87. The average Bonchev–Trinajstić information content (AvgIpc) is 2.79. The minimum Gasteiger partial charge on any atom is -0.379 e. The van der Waals surface area contributed by atoms with E-state index >= 15 is 0 Å². The zero-order valence-electron chi connectivity index (χ0n) is 19.6. The molecule has 2 saturated heterocycles. The summed E-state index contributed by atoms with van der Waals surface area (Å²) in [5.74, 6) is 0.770. The van der Waals surface area contributed by atoms with Gasteiger partial charge in [0.15, 0.2) is 0 Å². The molecule has 2 aliphatic heterocycles. The Kier molecular flexibility index (Phi) is 8.14. The molecule has 2 atom stereocenters. The summed E-state index contributed by atoms with van der Waals surface area (Å²) in [6, 6.07) is 15.3. The van der Waals surface area contributed by atoms with Gasteiger partial charge in [0.05, 0.1) is 19.1 Å². The Bertz CT molecular complexity index is 881. The Morgan fingerprint density at radius 2 is 1.84 bits per heavy atom. The molecule has 6 heteroatoms. The van der Waals surface area contributed by atoms with Crippen molar-refractivity contribution >= 4 is 16.7 Å². The quantitative estimate of drug-likeness (QED) is 0.685. The third-order valence-electron chi connectivity index (χ3n) is 6.68. The SMILES string of the molecule is CN(C)CCNC(=O)[C@@H]1C[C@H](CN2CCOCC2)CN(Cc2ccc3ccccc3c2)C1. The van der Waals surface area contributed by atoms with Gasteiger partial charge in [0.2, 0.25) is 5.91 Å². The number of amides is 1. The van der Waals surface area contributed by atoms with Crippen molar-refractivity contribution in [2.75, 3.05) is 73.1 Å². The van der Waals surface area contributed by atoms with Crippen LogP contribution in [0.15, 0.2) is 42.5 Å². The lowest BCUT2D eigenvalue weighted by molar-refractivity contribution is -0.127. The molecule has 32 heavy (non-hydrogen) atoms. The van der Waals surface area contributed by atoms with E-state index in [4.69, 9.17) is 4.74 Å². The largest absolute Gasteiger partial charge is 0.379 e. The van der Waals surface area contributed by atoms with Crippen LogP contribution in [0.1, 0.15) is 12.0 Å². The first kappa shape index (κ1) is 23.2. The number of likely N-dealkylation sites (N-methyl/N-ethyl adjacent to an activating group) is 1. The van der Waals surface area contributed by atoms with Crippen LogP contribution in [-0.4, -0.2) is 93.7 Å². The highest BCUT2D eigenvalue weighted by Gasteiger charge is 2.32. The molecule has 2 aliphatic rings. The molecule has 0 spiro atoms. The highest BCUT2D eigenvalue weighted by molar-refractivity contribution is 5.83. The first-order valence-corrected chi connectivity index (χ1v) is 12.0. The lowest BCUT2D eigenvalue weighted by Gasteiger charge is -2.40. The van der Waals surface area contributed by atoms with Gasteiger partial charge in [-0.3, -0.25) is 14.6 Å². The van der Waals surface area contributed by atoms with Crippen molar-refractivity contribution in [2.45, 2.75) is 13.0 Å². The normalized spacial score (nSPS) is 23.0. The van der Waals surface area contributed by atoms with Crippen LogP contribution < -0.4 is 5.32 Å². The summed E-state index contributed by atoms with van der Waals surface area (Å²) in [5.41, 5.74) is 1.32. The Morgan fingerprint density at radius 3 is 2.62 bits per heavy atom. The fourth-order valence-electron chi connectivity index (χ4n) is 5.05. The van der Waals surface area contributed by atoms with Gasteiger partial charge in [-0.25, -0.2) is 0 Å². The zero-order valence-corrected chi connectivity index (χ0v) is 19.6. The third kappa shape index (κ3) is 6.51. The summed E-state index contributed by atoms with van der Waals surface area (Å²) in [6.07, 6.45) is 0.972. The second-order valence-electron chi connectivity index (χ2n) is 9.68. The van der Waals surface area contributed by atoms with Crippen molar-refractivity contribution < 1.29 is 9.53 Å². The van der Waals surface area contributed by atoms with E-state index in [1.54, 1.807) is 0 Å². The summed E-state index contributed by atoms with van der Waals surface area (Å²) in [6.45, 7) is 9.06.